The van der Waals surface area contributed by atoms with E-state index in [0.29, 0.717) is 32.2 Å². The molecular weight excluding hydrogens is 676 g/mol. The zero-order valence-corrected chi connectivity index (χ0v) is 24.7. The van der Waals surface area contributed by atoms with Crippen LogP contribution < -0.4 is 10.2 Å². The van der Waals surface area contributed by atoms with Crippen molar-refractivity contribution in [3.63, 3.8) is 0 Å². The van der Waals surface area contributed by atoms with Gasteiger partial charge in [0.15, 0.2) is 5.75 Å². The molecule has 5 rings (SSSR count). The number of benzene rings is 4. The molecule has 1 N–H and O–H groups in total. The molecule has 1 amide bonds. The van der Waals surface area contributed by atoms with Crippen molar-refractivity contribution >= 4 is 65.9 Å². The molecule has 38 heavy (non-hydrogen) atoms. The van der Waals surface area contributed by atoms with Crippen LogP contribution >= 0.6 is 47.8 Å². The maximum atomic E-state index is 13.2. The van der Waals surface area contributed by atoms with Gasteiger partial charge in [-0.15, -0.1) is 0 Å². The fourth-order valence-electron chi connectivity index (χ4n) is 4.66. The average Bonchev–Trinajstić information content (AvgIpc) is 3.69. The molecule has 8 heteroatoms. The van der Waals surface area contributed by atoms with Gasteiger partial charge in [0.25, 0.3) is 0 Å². The minimum atomic E-state index is -0.521. The fourth-order valence-corrected chi connectivity index (χ4v) is 6.44. The standard InChI is InChI=1S/C30H21Br3N2O3/c31-22-15-19(27(26(33)16-22)38-29(37)23-13-7-8-14-25(23)32)18-34-35-28(36)24-17-30(24,20-9-3-1-4-10-20)21-11-5-2-6-12-21/h1-16,18,24H,17H2,(H,35,36)/b34-18-/t24-/m0/s1. The number of rotatable bonds is 7. The number of halogens is 3. The van der Waals surface area contributed by atoms with Gasteiger partial charge in [0.2, 0.25) is 5.91 Å². The zero-order chi connectivity index (χ0) is 26.7. The predicted molar refractivity (Wildman–Crippen MR) is 158 cm³/mol. The highest BCUT2D eigenvalue weighted by Crippen LogP contribution is 2.58. The molecule has 0 unspecified atom stereocenters. The van der Waals surface area contributed by atoms with Crippen molar-refractivity contribution in [3.8, 4) is 5.75 Å². The number of nitrogens with one attached hydrogen (secondary N) is 1. The molecule has 0 aliphatic heterocycles. The number of amides is 1. The van der Waals surface area contributed by atoms with Crippen molar-refractivity contribution in [2.75, 3.05) is 0 Å². The monoisotopic (exact) mass is 694 g/mol. The van der Waals surface area contributed by atoms with Gasteiger partial charge in [-0.1, -0.05) is 88.7 Å². The maximum Gasteiger partial charge on any atom is 0.344 e. The number of nitrogens with zero attached hydrogens (tertiary/aromatic N) is 1. The molecule has 1 fully saturated rings. The van der Waals surface area contributed by atoms with E-state index in [1.807, 2.05) is 42.5 Å². The first kappa shape index (κ1) is 26.5. The van der Waals surface area contributed by atoms with Crippen LogP contribution in [0, 0.1) is 5.92 Å². The molecule has 0 spiro atoms. The highest BCUT2D eigenvalue weighted by atomic mass is 79.9. The summed E-state index contributed by atoms with van der Waals surface area (Å²) in [5, 5.41) is 4.23. The Balaban J connectivity index is 1.36. The summed E-state index contributed by atoms with van der Waals surface area (Å²) in [5.74, 6) is -0.657. The fraction of sp³-hybridized carbons (Fsp3) is 0.100. The van der Waals surface area contributed by atoms with Crippen LogP contribution in [-0.2, 0) is 10.2 Å². The van der Waals surface area contributed by atoms with E-state index in [9.17, 15) is 9.59 Å². The van der Waals surface area contributed by atoms with Crippen LogP contribution in [0.4, 0.5) is 0 Å². The van der Waals surface area contributed by atoms with Crippen molar-refractivity contribution in [2.45, 2.75) is 11.8 Å². The Morgan fingerprint density at radius 3 is 2.08 bits per heavy atom. The molecule has 5 nitrogen and oxygen atoms in total. The summed E-state index contributed by atoms with van der Waals surface area (Å²) in [6.45, 7) is 0. The zero-order valence-electron chi connectivity index (χ0n) is 19.9. The van der Waals surface area contributed by atoms with Crippen LogP contribution in [-0.4, -0.2) is 18.1 Å². The Labute approximate surface area is 245 Å². The lowest BCUT2D eigenvalue weighted by molar-refractivity contribution is -0.122. The second kappa shape index (κ2) is 11.4. The Bertz CT molecular complexity index is 1490. The van der Waals surface area contributed by atoms with Gasteiger partial charge in [0, 0.05) is 19.9 Å². The Kier molecular flexibility index (Phi) is 7.93. The predicted octanol–water partition coefficient (Wildman–Crippen LogP) is 7.65. The van der Waals surface area contributed by atoms with Crippen molar-refractivity contribution in [1.29, 1.82) is 0 Å². The number of hydrogen-bond acceptors (Lipinski definition) is 4. The van der Waals surface area contributed by atoms with Crippen LogP contribution in [0.25, 0.3) is 0 Å². The molecule has 4 aromatic rings. The molecule has 1 atom stereocenters. The molecule has 1 aliphatic rings. The molecule has 4 aromatic carbocycles. The minimum absolute atomic E-state index is 0.172. The van der Waals surface area contributed by atoms with E-state index in [-0.39, 0.29) is 17.2 Å². The smallest absolute Gasteiger partial charge is 0.344 e. The third-order valence-electron chi connectivity index (χ3n) is 6.56. The van der Waals surface area contributed by atoms with E-state index >= 15 is 0 Å². The van der Waals surface area contributed by atoms with Gasteiger partial charge in [0.05, 0.1) is 22.2 Å². The van der Waals surface area contributed by atoms with Crippen LogP contribution in [0.2, 0.25) is 0 Å². The number of carbonyl (C=O) groups excluding carboxylic acids is 2. The first-order valence-electron chi connectivity index (χ1n) is 11.8. The van der Waals surface area contributed by atoms with Crippen LogP contribution in [0.1, 0.15) is 33.5 Å². The van der Waals surface area contributed by atoms with Crippen LogP contribution in [0.15, 0.2) is 116 Å². The summed E-state index contributed by atoms with van der Waals surface area (Å²) in [6.07, 6.45) is 2.17. The maximum absolute atomic E-state index is 13.2. The molecule has 1 aliphatic carbocycles. The molecule has 0 heterocycles. The number of esters is 1. The van der Waals surface area contributed by atoms with E-state index in [2.05, 4.69) is 82.6 Å². The first-order chi connectivity index (χ1) is 18.4. The number of hydrogen-bond donors (Lipinski definition) is 1. The molecule has 1 saturated carbocycles. The molecule has 190 valence electrons. The Morgan fingerprint density at radius 1 is 0.842 bits per heavy atom. The second-order valence-electron chi connectivity index (χ2n) is 8.87. The van der Waals surface area contributed by atoms with Crippen molar-refractivity contribution in [2.24, 2.45) is 11.0 Å². The largest absolute Gasteiger partial charge is 0.421 e. The van der Waals surface area contributed by atoms with Gasteiger partial charge < -0.3 is 4.74 Å². The highest BCUT2D eigenvalue weighted by Gasteiger charge is 2.60. The van der Waals surface area contributed by atoms with Gasteiger partial charge >= 0.3 is 5.97 Å². The molecule has 0 radical (unpaired) electrons. The highest BCUT2D eigenvalue weighted by molar-refractivity contribution is 9.11. The summed E-state index contributed by atoms with van der Waals surface area (Å²) in [7, 11) is 0. The van der Waals surface area contributed by atoms with Crippen molar-refractivity contribution < 1.29 is 14.3 Å². The Morgan fingerprint density at radius 2 is 1.45 bits per heavy atom. The van der Waals surface area contributed by atoms with Crippen molar-refractivity contribution in [1.82, 2.24) is 5.43 Å². The molecule has 0 aromatic heterocycles. The number of ether oxygens (including phenoxy) is 1. The van der Waals surface area contributed by atoms with Crippen LogP contribution in [0.3, 0.4) is 0 Å². The summed E-state index contributed by atoms with van der Waals surface area (Å²) >= 11 is 10.3. The van der Waals surface area contributed by atoms with Gasteiger partial charge in [0.1, 0.15) is 0 Å². The summed E-state index contributed by atoms with van der Waals surface area (Å²) in [6, 6.07) is 30.7. The lowest BCUT2D eigenvalue weighted by Crippen LogP contribution is -2.25. The summed E-state index contributed by atoms with van der Waals surface area (Å²) < 4.78 is 7.67. The average molecular weight is 697 g/mol. The van der Waals surface area contributed by atoms with Crippen LogP contribution in [0.5, 0.6) is 5.75 Å². The van der Waals surface area contributed by atoms with Gasteiger partial charge in [-0.3, -0.25) is 4.79 Å². The van der Waals surface area contributed by atoms with E-state index in [4.69, 9.17) is 4.74 Å². The number of hydrazone groups is 1. The number of carbonyl (C=O) groups is 2. The van der Waals surface area contributed by atoms with E-state index in [1.54, 1.807) is 30.3 Å². The van der Waals surface area contributed by atoms with E-state index in [0.717, 1.165) is 15.6 Å². The Hall–Kier alpha value is -3.07. The lowest BCUT2D eigenvalue weighted by Gasteiger charge is -2.18. The molecular formula is C30H21Br3N2O3. The second-order valence-corrected chi connectivity index (χ2v) is 11.5. The SMILES string of the molecule is O=C(Oc1c(Br)cc(Br)cc1/C=N\NC(=O)[C@@H]1CC1(c1ccccc1)c1ccccc1)c1ccccc1Br. The van der Waals surface area contributed by atoms with E-state index in [1.165, 1.54) is 6.21 Å². The lowest BCUT2D eigenvalue weighted by atomic mass is 9.85. The van der Waals surface area contributed by atoms with Gasteiger partial charge in [-0.25, -0.2) is 10.2 Å². The normalized spacial score (nSPS) is 15.7. The topological polar surface area (TPSA) is 67.8 Å². The third-order valence-corrected chi connectivity index (χ3v) is 8.30. The molecule has 0 bridgehead atoms. The third kappa shape index (κ3) is 5.39. The first-order valence-corrected chi connectivity index (χ1v) is 14.2. The summed E-state index contributed by atoms with van der Waals surface area (Å²) in [4.78, 5) is 26.1. The minimum Gasteiger partial charge on any atom is -0.421 e. The summed E-state index contributed by atoms with van der Waals surface area (Å²) in [5.41, 5.74) is 5.43. The van der Waals surface area contributed by atoms with Gasteiger partial charge in [-0.2, -0.15) is 5.10 Å². The van der Waals surface area contributed by atoms with Crippen molar-refractivity contribution in [3.05, 3.63) is 133 Å². The van der Waals surface area contributed by atoms with E-state index < -0.39 is 5.97 Å². The molecule has 0 saturated heterocycles. The van der Waals surface area contributed by atoms with Gasteiger partial charge in [-0.05, 0) is 73.7 Å². The quantitative estimate of drug-likeness (QED) is 0.0935.